The largest absolute Gasteiger partial charge is 0.457 e. The predicted octanol–water partition coefficient (Wildman–Crippen LogP) is 0.683. The number of hydrogen-bond acceptors (Lipinski definition) is 5. The van der Waals surface area contributed by atoms with Gasteiger partial charge in [0.15, 0.2) is 17.6 Å². The predicted molar refractivity (Wildman–Crippen MR) is 62.8 cm³/mol. The van der Waals surface area contributed by atoms with E-state index >= 15 is 0 Å². The van der Waals surface area contributed by atoms with Gasteiger partial charge in [-0.25, -0.2) is 4.79 Å². The van der Waals surface area contributed by atoms with Crippen LogP contribution in [-0.4, -0.2) is 35.0 Å². The number of benzene rings is 1. The zero-order valence-electron chi connectivity index (χ0n) is 10.2. The van der Waals surface area contributed by atoms with E-state index in [1.165, 1.54) is 6.07 Å². The summed E-state index contributed by atoms with van der Waals surface area (Å²) >= 11 is 0. The van der Waals surface area contributed by atoms with Crippen molar-refractivity contribution >= 4 is 11.7 Å². The van der Waals surface area contributed by atoms with Gasteiger partial charge in [-0.1, -0.05) is 6.07 Å². The molecule has 0 saturated heterocycles. The van der Waals surface area contributed by atoms with Crippen molar-refractivity contribution < 1.29 is 28.9 Å². The molecule has 0 aliphatic carbocycles. The Morgan fingerprint density at radius 3 is 2.95 bits per heavy atom. The van der Waals surface area contributed by atoms with Crippen molar-refractivity contribution in [2.75, 3.05) is 13.4 Å². The summed E-state index contributed by atoms with van der Waals surface area (Å²) in [5.41, 5.74) is 8.67. The van der Waals surface area contributed by atoms with Crippen molar-refractivity contribution in [2.45, 2.75) is 13.0 Å². The molecule has 19 heavy (non-hydrogen) atoms. The molecule has 0 bridgehead atoms. The summed E-state index contributed by atoms with van der Waals surface area (Å²) in [4.78, 5) is 14.3. The fraction of sp³-hybridized carbons (Fsp3) is 0.333. The molecule has 0 radical (unpaired) electrons. The van der Waals surface area contributed by atoms with Crippen LogP contribution < -0.4 is 9.47 Å². The molecule has 1 aromatic rings. The maximum atomic E-state index is 11.5. The first-order chi connectivity index (χ1) is 9.17. The van der Waals surface area contributed by atoms with Gasteiger partial charge in [-0.05, 0) is 24.6 Å². The molecule has 100 valence electrons. The normalized spacial score (nSPS) is 13.6. The number of rotatable bonds is 4. The molecule has 1 aliphatic rings. The fourth-order valence-electron chi connectivity index (χ4n) is 1.65. The van der Waals surface area contributed by atoms with Crippen LogP contribution in [0.3, 0.4) is 0 Å². The number of aliphatic hydroxyl groups excluding tert-OH is 1. The van der Waals surface area contributed by atoms with Crippen LogP contribution >= 0.6 is 0 Å². The third-order valence-electron chi connectivity index (χ3n) is 2.56. The van der Waals surface area contributed by atoms with Crippen molar-refractivity contribution in [3.8, 4) is 11.5 Å². The number of aliphatic hydroxyl groups is 1. The van der Waals surface area contributed by atoms with Gasteiger partial charge in [-0.2, -0.15) is 4.79 Å². The highest BCUT2D eigenvalue weighted by molar-refractivity contribution is 6.35. The monoisotopic (exact) mass is 264 g/mol. The Balaban J connectivity index is 2.25. The lowest BCUT2D eigenvalue weighted by atomic mass is 10.0. The Bertz CT molecular complexity index is 551. The van der Waals surface area contributed by atoms with Crippen LogP contribution in [0.25, 0.3) is 5.53 Å². The van der Waals surface area contributed by atoms with Gasteiger partial charge in [0.25, 0.3) is 0 Å². The van der Waals surface area contributed by atoms with E-state index in [1.807, 2.05) is 0 Å². The van der Waals surface area contributed by atoms with Crippen LogP contribution in [0.5, 0.6) is 11.5 Å². The second kappa shape index (κ2) is 5.51. The molecule has 7 nitrogen and oxygen atoms in total. The van der Waals surface area contributed by atoms with Gasteiger partial charge in [0.1, 0.15) is 0 Å². The highest BCUT2D eigenvalue weighted by Crippen LogP contribution is 2.34. The SMILES string of the molecule is CCOC(=O)C(=[N+]=[N-])C(O)c1ccc2c(c1)OCO2. The maximum Gasteiger partial charge on any atom is 0.420 e. The van der Waals surface area contributed by atoms with E-state index in [4.69, 9.17) is 15.0 Å². The van der Waals surface area contributed by atoms with Crippen molar-refractivity contribution in [2.24, 2.45) is 0 Å². The van der Waals surface area contributed by atoms with Crippen molar-refractivity contribution in [3.05, 3.63) is 29.3 Å². The van der Waals surface area contributed by atoms with Gasteiger partial charge in [0, 0.05) is 0 Å². The molecule has 0 saturated carbocycles. The fourth-order valence-corrected chi connectivity index (χ4v) is 1.65. The quantitative estimate of drug-likeness (QED) is 0.373. The first-order valence-corrected chi connectivity index (χ1v) is 5.64. The molecule has 1 atom stereocenters. The molecule has 2 rings (SSSR count). The third kappa shape index (κ3) is 2.57. The van der Waals surface area contributed by atoms with Gasteiger partial charge in [-0.15, -0.1) is 0 Å². The lowest BCUT2D eigenvalue weighted by molar-refractivity contribution is -0.141. The Morgan fingerprint density at radius 2 is 2.26 bits per heavy atom. The van der Waals surface area contributed by atoms with Crippen LogP contribution in [0.4, 0.5) is 0 Å². The number of esters is 1. The Labute approximate surface area is 108 Å². The molecule has 1 heterocycles. The Morgan fingerprint density at radius 1 is 1.53 bits per heavy atom. The van der Waals surface area contributed by atoms with Crippen molar-refractivity contribution in [3.63, 3.8) is 0 Å². The van der Waals surface area contributed by atoms with Crippen molar-refractivity contribution in [1.29, 1.82) is 0 Å². The smallest absolute Gasteiger partial charge is 0.420 e. The molecule has 0 spiro atoms. The van der Waals surface area contributed by atoms with Gasteiger partial charge >= 0.3 is 11.7 Å². The highest BCUT2D eigenvalue weighted by atomic mass is 16.7. The Kier molecular flexibility index (Phi) is 3.79. The molecule has 0 aromatic heterocycles. The lowest BCUT2D eigenvalue weighted by Gasteiger charge is -2.07. The summed E-state index contributed by atoms with van der Waals surface area (Å²) < 4.78 is 15.0. The van der Waals surface area contributed by atoms with E-state index in [0.29, 0.717) is 17.1 Å². The average molecular weight is 264 g/mol. The standard InChI is InChI=1S/C12H12N2O5/c1-2-17-12(16)10(14-13)11(15)7-3-4-8-9(5-7)19-6-18-8/h3-5,11,15H,2,6H2,1H3. The topological polar surface area (TPSA) is 101 Å². The second-order valence-corrected chi connectivity index (χ2v) is 3.72. The van der Waals surface area contributed by atoms with E-state index in [1.54, 1.807) is 19.1 Å². The zero-order chi connectivity index (χ0) is 13.8. The number of hydrogen-bond donors (Lipinski definition) is 1. The highest BCUT2D eigenvalue weighted by Gasteiger charge is 2.33. The molecular weight excluding hydrogens is 252 g/mol. The van der Waals surface area contributed by atoms with Crippen LogP contribution in [0.2, 0.25) is 0 Å². The number of fused-ring (bicyclic) bond motifs is 1. The molecule has 0 amide bonds. The summed E-state index contributed by atoms with van der Waals surface area (Å²) in [7, 11) is 0. The van der Waals surface area contributed by atoms with Gasteiger partial charge in [-0.3, -0.25) is 0 Å². The third-order valence-corrected chi connectivity index (χ3v) is 2.56. The number of carbonyl (C=O) groups excluding carboxylic acids is 1. The number of carbonyl (C=O) groups is 1. The van der Waals surface area contributed by atoms with Gasteiger partial charge in [0.2, 0.25) is 6.79 Å². The van der Waals surface area contributed by atoms with Crippen LogP contribution in [-0.2, 0) is 9.53 Å². The summed E-state index contributed by atoms with van der Waals surface area (Å²) in [6, 6.07) is 4.65. The molecule has 1 aliphatic heterocycles. The van der Waals surface area contributed by atoms with Crippen molar-refractivity contribution in [1.82, 2.24) is 0 Å². The molecule has 7 heteroatoms. The second-order valence-electron chi connectivity index (χ2n) is 3.72. The molecule has 1 N–H and O–H groups in total. The molecular formula is C12H12N2O5. The number of nitrogens with zero attached hydrogens (tertiary/aromatic N) is 2. The summed E-state index contributed by atoms with van der Waals surface area (Å²) in [6.07, 6.45) is -1.40. The molecule has 1 aromatic carbocycles. The van der Waals surface area contributed by atoms with E-state index in [9.17, 15) is 9.90 Å². The minimum Gasteiger partial charge on any atom is -0.457 e. The lowest BCUT2D eigenvalue weighted by Crippen LogP contribution is -2.25. The minimum absolute atomic E-state index is 0.105. The number of ether oxygens (including phenoxy) is 3. The van der Waals surface area contributed by atoms with Crippen LogP contribution in [0, 0.1) is 0 Å². The summed E-state index contributed by atoms with van der Waals surface area (Å²) in [6.45, 7) is 1.83. The van der Waals surface area contributed by atoms with Gasteiger partial charge < -0.3 is 24.8 Å². The van der Waals surface area contributed by atoms with E-state index < -0.39 is 17.8 Å². The zero-order valence-corrected chi connectivity index (χ0v) is 10.2. The maximum absolute atomic E-state index is 11.5. The van der Waals surface area contributed by atoms with Gasteiger partial charge in [0.05, 0.1) is 6.61 Å². The summed E-state index contributed by atoms with van der Waals surface area (Å²) in [5.74, 6) is 0.127. The Hall–Kier alpha value is -2.37. The van der Waals surface area contributed by atoms with Crippen LogP contribution in [0.15, 0.2) is 18.2 Å². The summed E-state index contributed by atoms with van der Waals surface area (Å²) in [5, 5.41) is 10.0. The molecule has 1 unspecified atom stereocenters. The van der Waals surface area contributed by atoms with Crippen LogP contribution in [0.1, 0.15) is 18.6 Å². The molecule has 0 fully saturated rings. The minimum atomic E-state index is -1.40. The average Bonchev–Trinajstić information content (AvgIpc) is 2.86. The van der Waals surface area contributed by atoms with E-state index in [2.05, 4.69) is 9.53 Å². The first kappa shape index (κ1) is 13.1. The van der Waals surface area contributed by atoms with E-state index in [0.717, 1.165) is 0 Å². The van der Waals surface area contributed by atoms with E-state index in [-0.39, 0.29) is 13.4 Å². The first-order valence-electron chi connectivity index (χ1n) is 5.64.